The zero-order chi connectivity index (χ0) is 24.0. The van der Waals surface area contributed by atoms with Gasteiger partial charge in [0.1, 0.15) is 29.9 Å². The summed E-state index contributed by atoms with van der Waals surface area (Å²) in [5.74, 6) is -0.279. The summed E-state index contributed by atoms with van der Waals surface area (Å²) < 4.78 is 19.1. The second kappa shape index (κ2) is 10.8. The van der Waals surface area contributed by atoms with Crippen molar-refractivity contribution in [1.29, 1.82) is 5.26 Å². The molecule has 0 aromatic heterocycles. The zero-order valence-electron chi connectivity index (χ0n) is 19.0. The van der Waals surface area contributed by atoms with Crippen molar-refractivity contribution >= 4 is 0 Å². The molecule has 5 nitrogen and oxygen atoms in total. The second-order valence-electron chi connectivity index (χ2n) is 8.83. The average Bonchev–Trinajstić information content (AvgIpc) is 2.88. The third kappa shape index (κ3) is 5.45. The first kappa shape index (κ1) is 23.9. The Hall–Kier alpha value is -3.24. The maximum atomic E-state index is 13.6. The number of benzene rings is 3. The van der Waals surface area contributed by atoms with Gasteiger partial charge in [-0.15, -0.1) is 0 Å². The highest BCUT2D eigenvalue weighted by Crippen LogP contribution is 2.41. The molecule has 1 aliphatic heterocycles. The Kier molecular flexibility index (Phi) is 7.59. The fourth-order valence-corrected chi connectivity index (χ4v) is 4.81. The largest absolute Gasteiger partial charge is 0.491 e. The molecular formula is C28H29FN2O3. The lowest BCUT2D eigenvalue weighted by molar-refractivity contribution is -0.0222. The lowest BCUT2D eigenvalue weighted by Gasteiger charge is -2.42. The van der Waals surface area contributed by atoms with Crippen LogP contribution >= 0.6 is 0 Å². The number of β-amino-alcohol motifs (C(OH)–C–C–N with tert-alkyl or cyclic N) is 1. The molecule has 6 heteroatoms. The molecule has 1 atom stereocenters. The minimum atomic E-state index is -1.08. The highest BCUT2D eigenvalue weighted by atomic mass is 19.1. The van der Waals surface area contributed by atoms with E-state index in [4.69, 9.17) is 10.00 Å². The number of aliphatic hydroxyl groups is 2. The number of likely N-dealkylation sites (tertiary alicyclic amines) is 1. The number of halogens is 1. The van der Waals surface area contributed by atoms with Gasteiger partial charge in [-0.25, -0.2) is 4.39 Å². The molecule has 0 spiro atoms. The fourth-order valence-electron chi connectivity index (χ4n) is 4.81. The van der Waals surface area contributed by atoms with Crippen molar-refractivity contribution in [2.24, 2.45) is 5.92 Å². The van der Waals surface area contributed by atoms with Crippen molar-refractivity contribution in [2.75, 3.05) is 26.2 Å². The van der Waals surface area contributed by atoms with Crippen molar-refractivity contribution in [3.63, 3.8) is 0 Å². The van der Waals surface area contributed by atoms with E-state index in [9.17, 15) is 14.6 Å². The predicted octanol–water partition coefficient (Wildman–Crippen LogP) is 4.09. The predicted molar refractivity (Wildman–Crippen MR) is 128 cm³/mol. The van der Waals surface area contributed by atoms with E-state index < -0.39 is 17.5 Å². The van der Waals surface area contributed by atoms with Gasteiger partial charge in [-0.1, -0.05) is 60.7 Å². The Morgan fingerprint density at radius 1 is 1.00 bits per heavy atom. The summed E-state index contributed by atoms with van der Waals surface area (Å²) in [4.78, 5) is 2.16. The molecule has 1 saturated heterocycles. The maximum absolute atomic E-state index is 13.6. The van der Waals surface area contributed by atoms with Gasteiger partial charge in [0.15, 0.2) is 0 Å². The van der Waals surface area contributed by atoms with Crippen molar-refractivity contribution in [1.82, 2.24) is 4.90 Å². The molecule has 4 rings (SSSR count). The minimum absolute atomic E-state index is 0.00617. The average molecular weight is 461 g/mol. The highest BCUT2D eigenvalue weighted by molar-refractivity contribution is 5.38. The molecule has 1 heterocycles. The standard InChI is InChI=1S/C28H29FN2O3/c29-25-15-21(18-30)16-27(17-25)34-20-26(32)19-31-13-11-24(12-14-31)28(33,22-7-3-1-4-8-22)23-9-5-2-6-10-23/h1-10,15-17,24,26,32-33H,11-14,19-20H2/t26-/m0/s1. The van der Waals surface area contributed by atoms with E-state index in [1.807, 2.05) is 66.7 Å². The maximum Gasteiger partial charge on any atom is 0.128 e. The molecule has 1 aliphatic rings. The Morgan fingerprint density at radius 3 is 2.15 bits per heavy atom. The lowest BCUT2D eigenvalue weighted by Crippen LogP contribution is -2.46. The summed E-state index contributed by atoms with van der Waals surface area (Å²) in [6.07, 6.45) is 0.805. The third-order valence-corrected chi connectivity index (χ3v) is 6.52. The van der Waals surface area contributed by atoms with Crippen molar-refractivity contribution < 1.29 is 19.3 Å². The summed E-state index contributed by atoms with van der Waals surface area (Å²) in [5, 5.41) is 31.4. The van der Waals surface area contributed by atoms with Crippen LogP contribution in [0.25, 0.3) is 0 Å². The molecule has 0 saturated carbocycles. The van der Waals surface area contributed by atoms with Gasteiger partial charge in [-0.2, -0.15) is 5.26 Å². The zero-order valence-corrected chi connectivity index (χ0v) is 19.0. The number of hydrogen-bond acceptors (Lipinski definition) is 5. The molecule has 34 heavy (non-hydrogen) atoms. The SMILES string of the molecule is N#Cc1cc(F)cc(OC[C@@H](O)CN2CCC(C(O)(c3ccccc3)c3ccccc3)CC2)c1. The number of aliphatic hydroxyl groups excluding tert-OH is 1. The van der Waals surface area contributed by atoms with Gasteiger partial charge >= 0.3 is 0 Å². The van der Waals surface area contributed by atoms with E-state index in [1.165, 1.54) is 12.1 Å². The summed E-state index contributed by atoms with van der Waals surface area (Å²) in [6.45, 7) is 1.90. The molecule has 0 bridgehead atoms. The number of hydrogen-bond donors (Lipinski definition) is 2. The van der Waals surface area contributed by atoms with E-state index in [0.717, 1.165) is 43.1 Å². The molecule has 0 unspecified atom stereocenters. The molecule has 0 amide bonds. The van der Waals surface area contributed by atoms with E-state index >= 15 is 0 Å². The van der Waals surface area contributed by atoms with Crippen LogP contribution in [0.5, 0.6) is 5.75 Å². The van der Waals surface area contributed by atoms with Crippen LogP contribution in [0, 0.1) is 23.1 Å². The normalized spacial score (nSPS) is 16.1. The number of rotatable bonds is 8. The molecular weight excluding hydrogens is 431 g/mol. The van der Waals surface area contributed by atoms with E-state index in [1.54, 1.807) is 0 Å². The van der Waals surface area contributed by atoms with E-state index in [-0.39, 0.29) is 23.8 Å². The Balaban J connectivity index is 1.36. The second-order valence-corrected chi connectivity index (χ2v) is 8.83. The summed E-state index contributed by atoms with van der Waals surface area (Å²) >= 11 is 0. The van der Waals surface area contributed by atoms with Gasteiger partial charge in [0.25, 0.3) is 0 Å². The molecule has 0 radical (unpaired) electrons. The molecule has 1 fully saturated rings. The summed E-state index contributed by atoms with van der Waals surface area (Å²) in [5.41, 5.74) is 0.877. The van der Waals surface area contributed by atoms with Crippen LogP contribution in [-0.2, 0) is 5.60 Å². The molecule has 176 valence electrons. The van der Waals surface area contributed by atoms with Crippen LogP contribution in [0.1, 0.15) is 29.5 Å². The molecule has 3 aromatic rings. The van der Waals surface area contributed by atoms with Crippen LogP contribution in [-0.4, -0.2) is 47.5 Å². The van der Waals surface area contributed by atoms with Crippen LogP contribution in [0.2, 0.25) is 0 Å². The van der Waals surface area contributed by atoms with Crippen LogP contribution < -0.4 is 4.74 Å². The number of nitriles is 1. The van der Waals surface area contributed by atoms with Crippen LogP contribution in [0.15, 0.2) is 78.9 Å². The van der Waals surface area contributed by atoms with Gasteiger partial charge in [0.05, 0.1) is 11.6 Å². The third-order valence-electron chi connectivity index (χ3n) is 6.52. The van der Waals surface area contributed by atoms with Crippen molar-refractivity contribution in [3.05, 3.63) is 101 Å². The number of piperidine rings is 1. The highest BCUT2D eigenvalue weighted by Gasteiger charge is 2.41. The number of ether oxygens (including phenoxy) is 1. The first-order valence-electron chi connectivity index (χ1n) is 11.6. The van der Waals surface area contributed by atoms with Gasteiger partial charge in [0, 0.05) is 12.6 Å². The Labute approximate surface area is 199 Å². The van der Waals surface area contributed by atoms with Gasteiger partial charge < -0.3 is 19.8 Å². The lowest BCUT2D eigenvalue weighted by atomic mass is 9.72. The van der Waals surface area contributed by atoms with Gasteiger partial charge in [-0.3, -0.25) is 0 Å². The van der Waals surface area contributed by atoms with E-state index in [0.29, 0.717) is 6.54 Å². The van der Waals surface area contributed by atoms with Crippen LogP contribution in [0.4, 0.5) is 4.39 Å². The fraction of sp³-hybridized carbons (Fsp3) is 0.321. The molecule has 2 N–H and O–H groups in total. The first-order valence-corrected chi connectivity index (χ1v) is 11.6. The van der Waals surface area contributed by atoms with E-state index in [2.05, 4.69) is 4.90 Å². The Bertz CT molecular complexity index is 1070. The quantitative estimate of drug-likeness (QED) is 0.530. The number of nitrogens with zero attached hydrogens (tertiary/aromatic N) is 2. The first-order chi connectivity index (χ1) is 16.5. The van der Waals surface area contributed by atoms with Crippen LogP contribution in [0.3, 0.4) is 0 Å². The monoisotopic (exact) mass is 460 g/mol. The Morgan fingerprint density at radius 2 is 1.59 bits per heavy atom. The van der Waals surface area contributed by atoms with Gasteiger partial charge in [0.2, 0.25) is 0 Å². The smallest absolute Gasteiger partial charge is 0.128 e. The molecule has 0 aliphatic carbocycles. The van der Waals surface area contributed by atoms with Crippen molar-refractivity contribution in [2.45, 2.75) is 24.5 Å². The minimum Gasteiger partial charge on any atom is -0.491 e. The van der Waals surface area contributed by atoms with Crippen molar-refractivity contribution in [3.8, 4) is 11.8 Å². The summed E-state index contributed by atoms with van der Waals surface area (Å²) in [6, 6.07) is 25.3. The summed E-state index contributed by atoms with van der Waals surface area (Å²) in [7, 11) is 0. The molecule has 3 aromatic carbocycles. The topological polar surface area (TPSA) is 76.7 Å². The van der Waals surface area contributed by atoms with Gasteiger partial charge in [-0.05, 0) is 55.1 Å².